The molecule has 3 rings (SSSR count). The number of nitrogens with zero attached hydrogens (tertiary/aromatic N) is 2. The van der Waals surface area contributed by atoms with E-state index in [1.807, 2.05) is 0 Å². The standard InChI is InChI=1S/C12H13F2N3OS2.ClH/c13-11(14)20-7-3-6-19-8(7)9-16-10(17-18-9)12(15)4-1-2-5-12;/h3,6,11H,1-2,4-5,15H2;1H. The van der Waals surface area contributed by atoms with Crippen molar-refractivity contribution < 1.29 is 13.3 Å². The highest BCUT2D eigenvalue weighted by Gasteiger charge is 2.36. The minimum Gasteiger partial charge on any atom is -0.333 e. The maximum absolute atomic E-state index is 12.5. The van der Waals surface area contributed by atoms with Crippen LogP contribution in [0.4, 0.5) is 8.78 Å². The molecule has 0 aromatic carbocycles. The quantitative estimate of drug-likeness (QED) is 0.832. The van der Waals surface area contributed by atoms with Crippen molar-refractivity contribution >= 4 is 35.5 Å². The summed E-state index contributed by atoms with van der Waals surface area (Å²) in [5.74, 6) is -1.72. The minimum absolute atomic E-state index is 0. The minimum atomic E-state index is -2.47. The highest BCUT2D eigenvalue weighted by Crippen LogP contribution is 2.40. The second-order valence-electron chi connectivity index (χ2n) is 4.78. The number of alkyl halides is 2. The zero-order valence-corrected chi connectivity index (χ0v) is 13.4. The lowest BCUT2D eigenvalue weighted by Gasteiger charge is -2.17. The lowest BCUT2D eigenvalue weighted by molar-refractivity contribution is 0.252. The van der Waals surface area contributed by atoms with Crippen molar-refractivity contribution in [2.75, 3.05) is 0 Å². The summed E-state index contributed by atoms with van der Waals surface area (Å²) in [7, 11) is 0. The van der Waals surface area contributed by atoms with Crippen molar-refractivity contribution in [1.82, 2.24) is 10.1 Å². The third-order valence-corrected chi connectivity index (χ3v) is 5.21. The monoisotopic (exact) mass is 353 g/mol. The summed E-state index contributed by atoms with van der Waals surface area (Å²) in [6, 6.07) is 1.63. The van der Waals surface area contributed by atoms with E-state index in [1.165, 1.54) is 11.3 Å². The molecular weight excluding hydrogens is 340 g/mol. The molecule has 1 aliphatic rings. The van der Waals surface area contributed by atoms with Gasteiger partial charge in [0.15, 0.2) is 5.82 Å². The van der Waals surface area contributed by atoms with Gasteiger partial charge in [-0.3, -0.25) is 0 Å². The van der Waals surface area contributed by atoms with Gasteiger partial charge in [0, 0.05) is 4.90 Å². The molecule has 0 unspecified atom stereocenters. The fourth-order valence-corrected chi connectivity index (χ4v) is 4.01. The summed E-state index contributed by atoms with van der Waals surface area (Å²) >= 11 is 1.79. The Balaban J connectivity index is 0.00000161. The average molecular weight is 354 g/mol. The van der Waals surface area contributed by atoms with E-state index in [-0.39, 0.29) is 18.3 Å². The van der Waals surface area contributed by atoms with Crippen LogP contribution in [0, 0.1) is 0 Å². The number of aromatic nitrogens is 2. The summed E-state index contributed by atoms with van der Waals surface area (Å²) in [5.41, 5.74) is 5.73. The number of rotatable bonds is 4. The molecule has 2 aromatic heterocycles. The van der Waals surface area contributed by atoms with E-state index in [4.69, 9.17) is 10.3 Å². The van der Waals surface area contributed by atoms with E-state index in [0.717, 1.165) is 25.7 Å². The number of hydrogen-bond donors (Lipinski definition) is 1. The fraction of sp³-hybridized carbons (Fsp3) is 0.500. The lowest BCUT2D eigenvalue weighted by Crippen LogP contribution is -2.34. The first-order chi connectivity index (χ1) is 9.58. The summed E-state index contributed by atoms with van der Waals surface area (Å²) < 4.78 is 30.2. The Morgan fingerprint density at radius 3 is 2.76 bits per heavy atom. The molecule has 1 saturated carbocycles. The number of nitrogens with two attached hydrogens (primary N) is 1. The zero-order chi connectivity index (χ0) is 14.2. The van der Waals surface area contributed by atoms with Gasteiger partial charge in [-0.2, -0.15) is 13.8 Å². The highest BCUT2D eigenvalue weighted by molar-refractivity contribution is 7.99. The van der Waals surface area contributed by atoms with Crippen LogP contribution in [0.25, 0.3) is 10.8 Å². The number of halogens is 3. The van der Waals surface area contributed by atoms with E-state index < -0.39 is 11.3 Å². The Morgan fingerprint density at radius 2 is 2.10 bits per heavy atom. The molecule has 0 atom stereocenters. The van der Waals surface area contributed by atoms with Crippen LogP contribution in [-0.4, -0.2) is 15.9 Å². The lowest BCUT2D eigenvalue weighted by atomic mass is 9.99. The molecule has 116 valence electrons. The van der Waals surface area contributed by atoms with Gasteiger partial charge in [-0.25, -0.2) is 0 Å². The van der Waals surface area contributed by atoms with Crippen molar-refractivity contribution in [3.63, 3.8) is 0 Å². The second kappa shape index (κ2) is 6.60. The van der Waals surface area contributed by atoms with Crippen LogP contribution in [0.15, 0.2) is 20.9 Å². The van der Waals surface area contributed by atoms with E-state index in [0.29, 0.717) is 27.4 Å². The van der Waals surface area contributed by atoms with Crippen LogP contribution >= 0.6 is 35.5 Å². The van der Waals surface area contributed by atoms with Gasteiger partial charge < -0.3 is 10.3 Å². The summed E-state index contributed by atoms with van der Waals surface area (Å²) in [6.45, 7) is 0. The van der Waals surface area contributed by atoms with Crippen LogP contribution in [0.2, 0.25) is 0 Å². The third-order valence-electron chi connectivity index (χ3n) is 3.41. The van der Waals surface area contributed by atoms with E-state index in [9.17, 15) is 8.78 Å². The van der Waals surface area contributed by atoms with Gasteiger partial charge in [0.2, 0.25) is 0 Å². The van der Waals surface area contributed by atoms with Crippen LogP contribution in [0.1, 0.15) is 31.5 Å². The van der Waals surface area contributed by atoms with Crippen LogP contribution in [-0.2, 0) is 5.54 Å². The number of hydrogen-bond acceptors (Lipinski definition) is 6. The van der Waals surface area contributed by atoms with E-state index in [1.54, 1.807) is 11.4 Å². The van der Waals surface area contributed by atoms with E-state index in [2.05, 4.69) is 10.1 Å². The van der Waals surface area contributed by atoms with Gasteiger partial charge in [-0.1, -0.05) is 29.8 Å². The molecule has 0 amide bonds. The highest BCUT2D eigenvalue weighted by atomic mass is 35.5. The fourth-order valence-electron chi connectivity index (χ4n) is 2.39. The number of thiophene rings is 1. The average Bonchev–Trinajstić information content (AvgIpc) is 3.07. The van der Waals surface area contributed by atoms with Gasteiger partial charge in [0.25, 0.3) is 11.6 Å². The van der Waals surface area contributed by atoms with Gasteiger partial charge >= 0.3 is 0 Å². The third kappa shape index (κ3) is 3.39. The maximum atomic E-state index is 12.5. The molecule has 0 aliphatic heterocycles. The predicted octanol–water partition coefficient (Wildman–Crippen LogP) is 4.26. The molecule has 0 spiro atoms. The van der Waals surface area contributed by atoms with Crippen molar-refractivity contribution in [3.05, 3.63) is 17.3 Å². The van der Waals surface area contributed by atoms with Gasteiger partial charge in [-0.05, 0) is 24.3 Å². The van der Waals surface area contributed by atoms with Crippen LogP contribution in [0.5, 0.6) is 0 Å². The van der Waals surface area contributed by atoms with Gasteiger partial charge in [-0.15, -0.1) is 23.7 Å². The molecule has 1 aliphatic carbocycles. The Labute approximate surface area is 134 Å². The molecule has 2 aromatic rings. The topological polar surface area (TPSA) is 64.9 Å². The first-order valence-corrected chi connectivity index (χ1v) is 8.00. The number of thioether (sulfide) groups is 1. The van der Waals surface area contributed by atoms with Crippen molar-refractivity contribution in [2.45, 2.75) is 41.9 Å². The first kappa shape index (κ1) is 16.7. The van der Waals surface area contributed by atoms with Gasteiger partial charge in [0.1, 0.15) is 4.88 Å². The molecule has 21 heavy (non-hydrogen) atoms. The zero-order valence-electron chi connectivity index (χ0n) is 10.9. The normalized spacial score (nSPS) is 17.1. The molecule has 4 nitrogen and oxygen atoms in total. The van der Waals surface area contributed by atoms with Crippen molar-refractivity contribution in [2.24, 2.45) is 5.73 Å². The summed E-state index contributed by atoms with van der Waals surface area (Å²) in [5, 5.41) is 5.68. The molecule has 9 heteroatoms. The van der Waals surface area contributed by atoms with Gasteiger partial charge in [0.05, 0.1) is 5.54 Å². The first-order valence-electron chi connectivity index (χ1n) is 6.24. The Morgan fingerprint density at radius 1 is 1.38 bits per heavy atom. The largest absolute Gasteiger partial charge is 0.333 e. The second-order valence-corrected chi connectivity index (χ2v) is 6.73. The summed E-state index contributed by atoms with van der Waals surface area (Å²) in [6.07, 6.45) is 3.75. The van der Waals surface area contributed by atoms with Crippen LogP contribution in [0.3, 0.4) is 0 Å². The van der Waals surface area contributed by atoms with E-state index >= 15 is 0 Å². The Hall–Kier alpha value is -0.700. The molecule has 2 heterocycles. The van der Waals surface area contributed by atoms with Crippen LogP contribution < -0.4 is 5.73 Å². The summed E-state index contributed by atoms with van der Waals surface area (Å²) in [4.78, 5) is 5.36. The molecule has 0 saturated heterocycles. The molecule has 0 bridgehead atoms. The SMILES string of the molecule is Cl.NC1(c2noc(-c3sccc3SC(F)F)n2)CCCC1. The maximum Gasteiger partial charge on any atom is 0.288 e. The predicted molar refractivity (Wildman–Crippen MR) is 81.1 cm³/mol. The molecule has 0 radical (unpaired) electrons. The Kier molecular flexibility index (Phi) is 5.24. The molecular formula is C12H14ClF2N3OS2. The smallest absolute Gasteiger partial charge is 0.288 e. The van der Waals surface area contributed by atoms with Crippen molar-refractivity contribution in [1.29, 1.82) is 0 Å². The van der Waals surface area contributed by atoms with Crippen molar-refractivity contribution in [3.8, 4) is 10.8 Å². The molecule has 1 fully saturated rings. The Bertz CT molecular complexity index is 599. The molecule has 2 N–H and O–H groups in total.